The average Bonchev–Trinajstić information content (AvgIpc) is 3.30. The number of hydrogen-bond donors (Lipinski definition) is 8. The van der Waals surface area contributed by atoms with Crippen molar-refractivity contribution in [3.63, 3.8) is 0 Å². The molecule has 0 saturated carbocycles. The molecule has 0 fully saturated rings. The maximum absolute atomic E-state index is 13.0. The molecule has 0 bridgehead atoms. The number of carbonyl (C=O) groups is 8. The third-order valence-electron chi connectivity index (χ3n) is 13.0. The highest BCUT2D eigenvalue weighted by atomic mass is 16.5. The number of rotatable bonds is 37. The van der Waals surface area contributed by atoms with Crippen LogP contribution in [-0.4, -0.2) is 95.7 Å². The third kappa shape index (κ3) is 31.4. The van der Waals surface area contributed by atoms with Crippen molar-refractivity contribution < 1.29 is 43.1 Å². The molecular formula is C55H96N8O9. The minimum Gasteiger partial charge on any atom is -0.461 e. The van der Waals surface area contributed by atoms with E-state index in [2.05, 4.69) is 37.2 Å². The van der Waals surface area contributed by atoms with E-state index >= 15 is 0 Å². The van der Waals surface area contributed by atoms with Gasteiger partial charge in [0.2, 0.25) is 41.4 Å². The minimum atomic E-state index is -0.314. The van der Waals surface area contributed by atoms with E-state index < -0.39 is 0 Å². The minimum absolute atomic E-state index is 0.0545. The van der Waals surface area contributed by atoms with E-state index in [4.69, 9.17) is 10.5 Å². The Labute approximate surface area is 432 Å². The van der Waals surface area contributed by atoms with Gasteiger partial charge in [0.05, 0.1) is 0 Å². The molecule has 0 heterocycles. The van der Waals surface area contributed by atoms with Gasteiger partial charge in [-0.1, -0.05) is 85.7 Å². The topological polar surface area (TPSA) is 256 Å². The zero-order valence-electron chi connectivity index (χ0n) is 46.1. The Morgan fingerprint density at radius 3 is 0.931 bits per heavy atom. The molecule has 1 aromatic carbocycles. The number of benzene rings is 1. The lowest BCUT2D eigenvalue weighted by atomic mass is 9.98. The predicted molar refractivity (Wildman–Crippen MR) is 284 cm³/mol. The van der Waals surface area contributed by atoms with Crippen molar-refractivity contribution in [2.45, 2.75) is 241 Å². The van der Waals surface area contributed by atoms with Gasteiger partial charge in [0.25, 0.3) is 0 Å². The lowest BCUT2D eigenvalue weighted by molar-refractivity contribution is -0.145. The van der Waals surface area contributed by atoms with Gasteiger partial charge >= 0.3 is 5.97 Å². The largest absolute Gasteiger partial charge is 0.461 e. The van der Waals surface area contributed by atoms with Gasteiger partial charge in [-0.15, -0.1) is 0 Å². The summed E-state index contributed by atoms with van der Waals surface area (Å²) in [6.07, 6.45) is 5.62. The molecular weight excluding hydrogens is 917 g/mol. The van der Waals surface area contributed by atoms with Crippen LogP contribution in [0.4, 0.5) is 0 Å². The number of nitrogens with two attached hydrogens (primary N) is 1. The van der Waals surface area contributed by atoms with Crippen LogP contribution in [0.25, 0.3) is 0 Å². The molecule has 0 saturated heterocycles. The van der Waals surface area contributed by atoms with Gasteiger partial charge in [-0.25, -0.2) is 0 Å². The molecule has 0 spiro atoms. The van der Waals surface area contributed by atoms with Crippen molar-refractivity contribution in [2.75, 3.05) is 0 Å². The summed E-state index contributed by atoms with van der Waals surface area (Å²) in [7, 11) is 0. The van der Waals surface area contributed by atoms with Gasteiger partial charge in [0.1, 0.15) is 6.61 Å². The fourth-order valence-corrected chi connectivity index (χ4v) is 8.01. The van der Waals surface area contributed by atoms with Crippen LogP contribution in [0.5, 0.6) is 0 Å². The second-order valence-electron chi connectivity index (χ2n) is 21.5. The van der Waals surface area contributed by atoms with Gasteiger partial charge in [0, 0.05) is 99.7 Å². The molecule has 410 valence electrons. The highest BCUT2D eigenvalue weighted by Crippen LogP contribution is 2.15. The van der Waals surface area contributed by atoms with E-state index in [1.807, 2.05) is 113 Å². The molecule has 1 rings (SSSR count). The van der Waals surface area contributed by atoms with Crippen molar-refractivity contribution in [3.8, 4) is 0 Å². The molecule has 0 radical (unpaired) electrons. The zero-order chi connectivity index (χ0) is 54.3. The van der Waals surface area contributed by atoms with Crippen molar-refractivity contribution >= 4 is 47.3 Å². The van der Waals surface area contributed by atoms with Crippen molar-refractivity contribution in [3.05, 3.63) is 35.9 Å². The molecule has 8 atom stereocenters. The van der Waals surface area contributed by atoms with Crippen LogP contribution >= 0.6 is 0 Å². The number of hydrogen-bond acceptors (Lipinski definition) is 10. The number of amides is 7. The van der Waals surface area contributed by atoms with Gasteiger partial charge < -0.3 is 47.7 Å². The molecule has 0 aliphatic rings. The summed E-state index contributed by atoms with van der Waals surface area (Å²) >= 11 is 0. The summed E-state index contributed by atoms with van der Waals surface area (Å²) in [5.41, 5.74) is 6.69. The van der Waals surface area contributed by atoms with Crippen LogP contribution in [0.2, 0.25) is 0 Å². The molecule has 0 aromatic heterocycles. The Morgan fingerprint density at radius 2 is 0.639 bits per heavy atom. The van der Waals surface area contributed by atoms with Gasteiger partial charge in [-0.2, -0.15) is 0 Å². The normalized spacial score (nSPS) is 14.8. The maximum atomic E-state index is 13.0. The summed E-state index contributed by atoms with van der Waals surface area (Å²) in [6.45, 7) is 23.6. The molecule has 0 unspecified atom stereocenters. The fourth-order valence-electron chi connectivity index (χ4n) is 8.01. The highest BCUT2D eigenvalue weighted by Gasteiger charge is 2.24. The Bertz CT molecular complexity index is 1790. The van der Waals surface area contributed by atoms with Crippen molar-refractivity contribution in [1.82, 2.24) is 37.2 Å². The standard InChI is InChI=1S/C55H96N8O9/c1-35(2)44(60-51(67)26-18-39(9)56)22-30-48(64)57-40(10)19-27-52(68)61-45(36(3)4)23-31-49(65)58-41(11)20-28-53(69)62-46(37(5)6)24-32-50(66)59-42(12)21-29-54(70)63-47(38(7)8)25-33-55(71)72-34-43-16-14-13-15-17-43/h13-17,35-42,44-47H,18-34,56H2,1-12H3,(H,57,64)(H,58,65)(H,59,66)(H,60,67)(H,61,68)(H,62,69)(H,63,70)/t39-,40-,41-,42-,44+,45+,46+,47+/m0/s1. The van der Waals surface area contributed by atoms with Crippen LogP contribution in [0, 0.1) is 23.7 Å². The summed E-state index contributed by atoms with van der Waals surface area (Å²) in [5.74, 6) is -0.858. The van der Waals surface area contributed by atoms with Gasteiger partial charge in [-0.3, -0.25) is 38.4 Å². The van der Waals surface area contributed by atoms with Gasteiger partial charge in [0.15, 0.2) is 0 Å². The smallest absolute Gasteiger partial charge is 0.306 e. The van der Waals surface area contributed by atoms with Crippen LogP contribution < -0.4 is 43.0 Å². The Hall–Kier alpha value is -5.06. The monoisotopic (exact) mass is 1010 g/mol. The predicted octanol–water partition coefficient (Wildman–Crippen LogP) is 6.40. The molecule has 1 aromatic rings. The van der Waals surface area contributed by atoms with E-state index in [0.717, 1.165) is 5.56 Å². The number of esters is 1. The van der Waals surface area contributed by atoms with E-state index in [1.165, 1.54) is 0 Å². The van der Waals surface area contributed by atoms with Crippen LogP contribution in [0.3, 0.4) is 0 Å². The summed E-state index contributed by atoms with van der Waals surface area (Å²) < 4.78 is 5.39. The molecule has 7 amide bonds. The molecule has 17 heteroatoms. The van der Waals surface area contributed by atoms with E-state index in [1.54, 1.807) is 0 Å². The first kappa shape index (κ1) is 65.0. The molecule has 72 heavy (non-hydrogen) atoms. The first-order valence-electron chi connectivity index (χ1n) is 26.9. The third-order valence-corrected chi connectivity index (χ3v) is 13.0. The second kappa shape index (κ2) is 36.0. The van der Waals surface area contributed by atoms with Crippen LogP contribution in [0.1, 0.15) is 191 Å². The van der Waals surface area contributed by atoms with Crippen LogP contribution in [-0.2, 0) is 49.7 Å². The van der Waals surface area contributed by atoms with Crippen LogP contribution in [0.15, 0.2) is 30.3 Å². The van der Waals surface area contributed by atoms with E-state index in [9.17, 15) is 38.4 Å². The Balaban J connectivity index is 2.41. The number of carbonyl (C=O) groups excluding carboxylic acids is 8. The number of ether oxygens (including phenoxy) is 1. The lowest BCUT2D eigenvalue weighted by Gasteiger charge is -2.24. The summed E-state index contributed by atoms with van der Waals surface area (Å²) in [4.78, 5) is 102. The first-order chi connectivity index (χ1) is 33.8. The molecule has 0 aliphatic heterocycles. The van der Waals surface area contributed by atoms with E-state index in [-0.39, 0.29) is 171 Å². The fraction of sp³-hybridized carbons (Fsp3) is 0.745. The SMILES string of the molecule is CC(C)[C@@H](CCC(=O)N[C@@H](C)CCC(=O)N[C@H](CCC(=O)N[C@@H](C)CCC(=O)N[C@H](CCC(=O)N[C@@H](C)CCC(=O)N[C@H](CCC(=O)OCc1ccccc1)C(C)C)C(C)C)C(C)C)NC(=O)CC[C@H](C)N. The molecule has 17 nitrogen and oxygen atoms in total. The summed E-state index contributed by atoms with van der Waals surface area (Å²) in [5, 5.41) is 21.1. The molecule has 9 N–H and O–H groups in total. The van der Waals surface area contributed by atoms with E-state index in [0.29, 0.717) is 57.8 Å². The quantitative estimate of drug-likeness (QED) is 0.0341. The Morgan fingerprint density at radius 1 is 0.375 bits per heavy atom. The molecule has 0 aliphatic carbocycles. The lowest BCUT2D eigenvalue weighted by Crippen LogP contribution is -2.42. The summed E-state index contributed by atoms with van der Waals surface area (Å²) in [6, 6.07) is 7.92. The second-order valence-corrected chi connectivity index (χ2v) is 21.5. The zero-order valence-corrected chi connectivity index (χ0v) is 46.1. The maximum Gasteiger partial charge on any atom is 0.306 e. The first-order valence-corrected chi connectivity index (χ1v) is 26.9. The Kier molecular flexibility index (Phi) is 32.4. The average molecular weight is 1010 g/mol. The van der Waals surface area contributed by atoms with Crippen molar-refractivity contribution in [1.29, 1.82) is 0 Å². The number of nitrogens with one attached hydrogen (secondary N) is 7. The van der Waals surface area contributed by atoms with Crippen molar-refractivity contribution in [2.24, 2.45) is 29.4 Å². The highest BCUT2D eigenvalue weighted by molar-refractivity contribution is 5.80. The van der Waals surface area contributed by atoms with Gasteiger partial charge in [-0.05, 0) is 108 Å².